The zero-order valence-electron chi connectivity index (χ0n) is 16.5. The Kier molecular flexibility index (Phi) is 3.98. The number of carbonyl (C=O) groups is 3. The van der Waals surface area contributed by atoms with Gasteiger partial charge in [-0.1, -0.05) is 18.2 Å². The van der Waals surface area contributed by atoms with Crippen LogP contribution in [0, 0.1) is 49.4 Å². The molecule has 3 fully saturated rings. The lowest BCUT2D eigenvalue weighted by molar-refractivity contribution is -0.171. The van der Waals surface area contributed by atoms with Crippen molar-refractivity contribution in [2.75, 3.05) is 11.6 Å². The lowest BCUT2D eigenvalue weighted by Gasteiger charge is -2.37. The van der Waals surface area contributed by atoms with Crippen LogP contribution in [0.15, 0.2) is 30.4 Å². The molecule has 6 atom stereocenters. The van der Waals surface area contributed by atoms with Gasteiger partial charge in [-0.3, -0.25) is 24.2 Å². The van der Waals surface area contributed by atoms with Crippen molar-refractivity contribution in [1.29, 1.82) is 0 Å². The highest BCUT2D eigenvalue weighted by Crippen LogP contribution is 2.65. The number of carbonyl (C=O) groups excluding carboxylic acids is 3. The van der Waals surface area contributed by atoms with E-state index < -0.39 is 42.4 Å². The number of alkyl halides is 3. The van der Waals surface area contributed by atoms with Gasteiger partial charge in [0, 0.05) is 5.69 Å². The van der Waals surface area contributed by atoms with Crippen LogP contribution in [-0.2, 0) is 14.4 Å². The molecule has 158 valence electrons. The molecule has 30 heavy (non-hydrogen) atoms. The molecule has 2 saturated carbocycles. The number of aryl methyl sites for hydroxylation is 2. The van der Waals surface area contributed by atoms with E-state index in [2.05, 4.69) is 0 Å². The van der Waals surface area contributed by atoms with Crippen LogP contribution in [0.1, 0.15) is 17.5 Å². The zero-order chi connectivity index (χ0) is 21.5. The SMILES string of the molecule is Cc1cc(C)cc(N(CN2C(=O)[C@@H]3[C@H]4C=C[C@@H]([C@@H]5C[C@@H]45)[C@H]3C2=O)C(=O)C(F)(F)F)c1. The van der Waals surface area contributed by atoms with Crippen LogP contribution < -0.4 is 4.90 Å². The molecule has 0 aromatic heterocycles. The van der Waals surface area contributed by atoms with Crippen molar-refractivity contribution < 1.29 is 27.6 Å². The fourth-order valence-corrected chi connectivity index (χ4v) is 5.82. The number of hydrogen-bond donors (Lipinski definition) is 0. The molecule has 0 radical (unpaired) electrons. The standard InChI is InChI=1S/C22H21F3N2O3/c1-10-5-11(2)7-12(6-10)26(21(30)22(23,24)25)9-27-19(28)17-13-3-4-14(16-8-15(13)16)18(17)20(27)29/h3-7,13-18H,8-9H2,1-2H3/t13-,14-,15-,16-,17+,18+/m0/s1. The minimum atomic E-state index is -5.13. The van der Waals surface area contributed by atoms with E-state index in [1.807, 2.05) is 12.2 Å². The summed E-state index contributed by atoms with van der Waals surface area (Å²) in [5, 5.41) is 0. The van der Waals surface area contributed by atoms with Crippen LogP contribution in [0.25, 0.3) is 0 Å². The lowest BCUT2D eigenvalue weighted by atomic mass is 9.63. The molecule has 5 nitrogen and oxygen atoms in total. The topological polar surface area (TPSA) is 57.7 Å². The summed E-state index contributed by atoms with van der Waals surface area (Å²) in [5.41, 5.74) is 1.38. The maximum absolute atomic E-state index is 13.4. The van der Waals surface area contributed by atoms with Crippen molar-refractivity contribution in [3.63, 3.8) is 0 Å². The van der Waals surface area contributed by atoms with Crippen molar-refractivity contribution >= 4 is 23.4 Å². The molecule has 5 aliphatic rings. The first kappa shape index (κ1) is 19.3. The third-order valence-electron chi connectivity index (χ3n) is 7.04. The monoisotopic (exact) mass is 418 g/mol. The first-order valence-corrected chi connectivity index (χ1v) is 10.1. The van der Waals surface area contributed by atoms with E-state index in [9.17, 15) is 27.6 Å². The van der Waals surface area contributed by atoms with E-state index in [0.717, 1.165) is 11.3 Å². The van der Waals surface area contributed by atoms with Crippen LogP contribution in [0.2, 0.25) is 0 Å². The fourth-order valence-electron chi connectivity index (χ4n) is 5.82. The average Bonchev–Trinajstić information content (AvgIpc) is 3.44. The van der Waals surface area contributed by atoms with Crippen molar-refractivity contribution in [3.05, 3.63) is 41.5 Å². The van der Waals surface area contributed by atoms with Gasteiger partial charge in [0.1, 0.15) is 6.67 Å². The molecule has 1 saturated heterocycles. The fraction of sp³-hybridized carbons (Fsp3) is 0.500. The minimum absolute atomic E-state index is 0.0224. The number of likely N-dealkylation sites (tertiary alicyclic amines) is 1. The smallest absolute Gasteiger partial charge is 0.286 e. The van der Waals surface area contributed by atoms with Crippen LogP contribution in [-0.4, -0.2) is 35.5 Å². The van der Waals surface area contributed by atoms with Gasteiger partial charge in [-0.05, 0) is 67.2 Å². The van der Waals surface area contributed by atoms with Crippen molar-refractivity contribution in [2.24, 2.45) is 35.5 Å². The molecule has 3 amide bonds. The molecule has 8 heteroatoms. The normalized spacial score (nSPS) is 33.6. The maximum Gasteiger partial charge on any atom is 0.471 e. The number of hydrogen-bond acceptors (Lipinski definition) is 3. The quantitative estimate of drug-likeness (QED) is 0.560. The summed E-state index contributed by atoms with van der Waals surface area (Å²) in [7, 11) is 0. The number of imide groups is 1. The Bertz CT molecular complexity index is 946. The third kappa shape index (κ3) is 2.72. The summed E-state index contributed by atoms with van der Waals surface area (Å²) in [5.74, 6) is -3.31. The molecule has 4 aliphatic carbocycles. The number of halogens is 3. The van der Waals surface area contributed by atoms with Gasteiger partial charge in [-0.25, -0.2) is 0 Å². The van der Waals surface area contributed by atoms with Crippen LogP contribution in [0.5, 0.6) is 0 Å². The van der Waals surface area contributed by atoms with Gasteiger partial charge in [-0.15, -0.1) is 0 Å². The van der Waals surface area contributed by atoms with Gasteiger partial charge in [0.2, 0.25) is 11.8 Å². The number of amides is 3. The van der Waals surface area contributed by atoms with Gasteiger partial charge in [0.15, 0.2) is 0 Å². The first-order valence-electron chi connectivity index (χ1n) is 10.1. The van der Waals surface area contributed by atoms with Gasteiger partial charge < -0.3 is 0 Å². The van der Waals surface area contributed by atoms with E-state index >= 15 is 0 Å². The Morgan fingerprint density at radius 1 is 1.00 bits per heavy atom. The third-order valence-corrected chi connectivity index (χ3v) is 7.04. The molecule has 1 heterocycles. The van der Waals surface area contributed by atoms with Crippen LogP contribution in [0.4, 0.5) is 18.9 Å². The summed E-state index contributed by atoms with van der Waals surface area (Å²) < 4.78 is 40.1. The minimum Gasteiger partial charge on any atom is -0.286 e. The highest BCUT2D eigenvalue weighted by Gasteiger charge is 2.67. The average molecular weight is 418 g/mol. The Morgan fingerprint density at radius 3 is 1.97 bits per heavy atom. The Balaban J connectivity index is 1.49. The molecular weight excluding hydrogens is 397 g/mol. The largest absolute Gasteiger partial charge is 0.471 e. The summed E-state index contributed by atoms with van der Waals surface area (Å²) >= 11 is 0. The van der Waals surface area contributed by atoms with Crippen molar-refractivity contribution in [3.8, 4) is 0 Å². The second-order valence-electron chi connectivity index (χ2n) is 8.98. The number of allylic oxidation sites excluding steroid dienone is 2. The number of nitrogens with zero attached hydrogens (tertiary/aromatic N) is 2. The molecule has 0 unspecified atom stereocenters. The van der Waals surface area contributed by atoms with Gasteiger partial charge >= 0.3 is 12.1 Å². The molecule has 2 bridgehead atoms. The molecule has 1 aliphatic heterocycles. The molecular formula is C22H21F3N2O3. The number of anilines is 1. The first-order chi connectivity index (χ1) is 14.1. The van der Waals surface area contributed by atoms with Crippen LogP contribution >= 0.6 is 0 Å². The van der Waals surface area contributed by atoms with Gasteiger partial charge in [0.05, 0.1) is 11.8 Å². The highest BCUT2D eigenvalue weighted by molar-refractivity contribution is 6.07. The number of rotatable bonds is 3. The summed E-state index contributed by atoms with van der Waals surface area (Å²) in [4.78, 5) is 39.9. The van der Waals surface area contributed by atoms with Crippen molar-refractivity contribution in [2.45, 2.75) is 26.4 Å². The zero-order valence-corrected chi connectivity index (χ0v) is 16.5. The van der Waals surface area contributed by atoms with Crippen molar-refractivity contribution in [1.82, 2.24) is 4.90 Å². The second kappa shape index (κ2) is 6.18. The Hall–Kier alpha value is -2.64. The van der Waals surface area contributed by atoms with E-state index in [4.69, 9.17) is 0 Å². The molecule has 1 aromatic rings. The van der Waals surface area contributed by atoms with Gasteiger partial charge in [-0.2, -0.15) is 13.2 Å². The predicted octanol–water partition coefficient (Wildman–Crippen LogP) is 3.21. The Morgan fingerprint density at radius 2 is 1.50 bits per heavy atom. The second-order valence-corrected chi connectivity index (χ2v) is 8.98. The van der Waals surface area contributed by atoms with E-state index in [0.29, 0.717) is 27.9 Å². The summed E-state index contributed by atoms with van der Waals surface area (Å²) in [6.45, 7) is 2.70. The lowest BCUT2D eigenvalue weighted by Crippen LogP contribution is -2.49. The van der Waals surface area contributed by atoms with E-state index in [-0.39, 0.29) is 17.5 Å². The summed E-state index contributed by atoms with van der Waals surface area (Å²) in [6, 6.07) is 4.68. The number of benzene rings is 1. The molecule has 1 aromatic carbocycles. The molecule has 0 spiro atoms. The highest BCUT2D eigenvalue weighted by atomic mass is 19.4. The molecule has 0 N–H and O–H groups in total. The summed E-state index contributed by atoms with van der Waals surface area (Å²) in [6.07, 6.45) is -0.135. The van der Waals surface area contributed by atoms with Gasteiger partial charge in [0.25, 0.3) is 0 Å². The maximum atomic E-state index is 13.4. The van der Waals surface area contributed by atoms with Crippen LogP contribution in [0.3, 0.4) is 0 Å². The molecule has 6 rings (SSSR count). The van der Waals surface area contributed by atoms with E-state index in [1.165, 1.54) is 12.1 Å². The van der Waals surface area contributed by atoms with E-state index in [1.54, 1.807) is 19.9 Å². The Labute approximate surface area is 171 Å². The predicted molar refractivity (Wildman–Crippen MR) is 101 cm³/mol.